The third-order valence-electron chi connectivity index (χ3n) is 4.90. The number of amides is 1. The third-order valence-corrected chi connectivity index (χ3v) is 6.00. The standard InChI is InChI=1S/C21H21N3O2S/c1-14(25)15-8-10-17(11-9-15)22-20(26)16-5-4-12-24(13-16)21-23-18-6-2-3-7-19(18)27-21/h2-3,6-11,16H,4-5,12-13H2,1H3,(H,22,26). The fraction of sp³-hybridized carbons (Fsp3) is 0.286. The predicted molar refractivity (Wildman–Crippen MR) is 110 cm³/mol. The number of piperidine rings is 1. The van der Waals surface area contributed by atoms with Gasteiger partial charge < -0.3 is 10.2 Å². The van der Waals surface area contributed by atoms with Crippen LogP contribution in [0.5, 0.6) is 0 Å². The van der Waals surface area contributed by atoms with Gasteiger partial charge in [0.1, 0.15) is 0 Å². The fourth-order valence-electron chi connectivity index (χ4n) is 3.39. The molecule has 2 aromatic carbocycles. The summed E-state index contributed by atoms with van der Waals surface area (Å²) in [4.78, 5) is 31.0. The van der Waals surface area contributed by atoms with Gasteiger partial charge in [-0.25, -0.2) is 4.98 Å². The summed E-state index contributed by atoms with van der Waals surface area (Å²) >= 11 is 1.68. The minimum atomic E-state index is -0.0711. The van der Waals surface area contributed by atoms with E-state index in [1.807, 2.05) is 18.2 Å². The molecular weight excluding hydrogens is 358 g/mol. The maximum atomic E-state index is 12.7. The Bertz CT molecular complexity index is 948. The molecule has 138 valence electrons. The van der Waals surface area contributed by atoms with Gasteiger partial charge in [0.25, 0.3) is 0 Å². The van der Waals surface area contributed by atoms with E-state index in [1.165, 1.54) is 11.6 Å². The molecule has 4 rings (SSSR count). The van der Waals surface area contributed by atoms with Crippen molar-refractivity contribution in [3.05, 3.63) is 54.1 Å². The second-order valence-corrected chi connectivity index (χ2v) is 7.88. The van der Waals surface area contributed by atoms with E-state index in [0.717, 1.165) is 35.7 Å². The molecule has 0 radical (unpaired) electrons. The first-order valence-electron chi connectivity index (χ1n) is 9.12. The van der Waals surface area contributed by atoms with E-state index in [0.29, 0.717) is 12.1 Å². The Morgan fingerprint density at radius 2 is 1.93 bits per heavy atom. The highest BCUT2D eigenvalue weighted by molar-refractivity contribution is 7.22. The van der Waals surface area contributed by atoms with Crippen LogP contribution in [0.3, 0.4) is 0 Å². The minimum absolute atomic E-state index is 0.0200. The van der Waals surface area contributed by atoms with Crippen molar-refractivity contribution < 1.29 is 9.59 Å². The summed E-state index contributed by atoms with van der Waals surface area (Å²) in [6, 6.07) is 15.2. The first kappa shape index (κ1) is 17.7. The molecule has 3 aromatic rings. The summed E-state index contributed by atoms with van der Waals surface area (Å²) in [6.07, 6.45) is 1.84. The summed E-state index contributed by atoms with van der Waals surface area (Å²) < 4.78 is 1.17. The molecule has 5 nitrogen and oxygen atoms in total. The lowest BCUT2D eigenvalue weighted by molar-refractivity contribution is -0.120. The van der Waals surface area contributed by atoms with Crippen molar-refractivity contribution >= 4 is 44.1 Å². The number of para-hydroxylation sites is 1. The number of benzene rings is 2. The smallest absolute Gasteiger partial charge is 0.229 e. The SMILES string of the molecule is CC(=O)c1ccc(NC(=O)C2CCCN(c3nc4ccccc4s3)C2)cc1. The molecule has 0 aliphatic carbocycles. The van der Waals surface area contributed by atoms with Crippen LogP contribution in [-0.2, 0) is 4.79 Å². The zero-order valence-electron chi connectivity index (χ0n) is 15.1. The van der Waals surface area contributed by atoms with Crippen molar-refractivity contribution in [3.8, 4) is 0 Å². The number of nitrogens with one attached hydrogen (secondary N) is 1. The molecule has 1 aliphatic heterocycles. The van der Waals surface area contributed by atoms with E-state index in [2.05, 4.69) is 16.3 Å². The zero-order valence-corrected chi connectivity index (χ0v) is 16.0. The molecule has 1 saturated heterocycles. The minimum Gasteiger partial charge on any atom is -0.347 e. The summed E-state index contributed by atoms with van der Waals surface area (Å²) in [7, 11) is 0. The van der Waals surface area contributed by atoms with Gasteiger partial charge in [0.05, 0.1) is 16.1 Å². The second kappa shape index (κ2) is 7.48. The van der Waals surface area contributed by atoms with Crippen molar-refractivity contribution in [2.45, 2.75) is 19.8 Å². The molecule has 0 saturated carbocycles. The van der Waals surface area contributed by atoms with E-state index in [4.69, 9.17) is 4.98 Å². The molecule has 6 heteroatoms. The molecule has 0 spiro atoms. The molecule has 0 bridgehead atoms. The zero-order chi connectivity index (χ0) is 18.8. The summed E-state index contributed by atoms with van der Waals surface area (Å²) in [5.41, 5.74) is 2.38. The number of carbonyl (C=O) groups excluding carboxylic acids is 2. The van der Waals surface area contributed by atoms with Gasteiger partial charge in [-0.2, -0.15) is 0 Å². The first-order chi connectivity index (χ1) is 13.1. The molecule has 1 unspecified atom stereocenters. The Balaban J connectivity index is 1.44. The number of nitrogens with zero attached hydrogens (tertiary/aromatic N) is 2. The van der Waals surface area contributed by atoms with E-state index in [1.54, 1.807) is 35.6 Å². The maximum absolute atomic E-state index is 12.7. The number of carbonyl (C=O) groups is 2. The lowest BCUT2D eigenvalue weighted by Crippen LogP contribution is -2.40. The largest absolute Gasteiger partial charge is 0.347 e. The quantitative estimate of drug-likeness (QED) is 0.685. The maximum Gasteiger partial charge on any atom is 0.229 e. The monoisotopic (exact) mass is 379 g/mol. The lowest BCUT2D eigenvalue weighted by atomic mass is 9.97. The Morgan fingerprint density at radius 3 is 2.67 bits per heavy atom. The van der Waals surface area contributed by atoms with Gasteiger partial charge in [-0.1, -0.05) is 23.5 Å². The molecule has 1 amide bonds. The highest BCUT2D eigenvalue weighted by Crippen LogP contribution is 2.31. The van der Waals surface area contributed by atoms with Gasteiger partial charge in [-0.05, 0) is 56.2 Å². The van der Waals surface area contributed by atoms with Gasteiger partial charge in [-0.3, -0.25) is 9.59 Å². The van der Waals surface area contributed by atoms with Gasteiger partial charge in [0, 0.05) is 24.3 Å². The van der Waals surface area contributed by atoms with E-state index >= 15 is 0 Å². The summed E-state index contributed by atoms with van der Waals surface area (Å²) in [5, 5.41) is 3.97. The highest BCUT2D eigenvalue weighted by atomic mass is 32.1. The van der Waals surface area contributed by atoms with Crippen molar-refractivity contribution in [2.24, 2.45) is 5.92 Å². The Labute approximate surface area is 162 Å². The third kappa shape index (κ3) is 3.85. The molecule has 1 atom stereocenters. The van der Waals surface area contributed by atoms with Crippen molar-refractivity contribution in [1.29, 1.82) is 0 Å². The van der Waals surface area contributed by atoms with Crippen molar-refractivity contribution in [2.75, 3.05) is 23.3 Å². The number of ketones is 1. The highest BCUT2D eigenvalue weighted by Gasteiger charge is 2.27. The first-order valence-corrected chi connectivity index (χ1v) is 9.94. The molecule has 1 aliphatic rings. The summed E-state index contributed by atoms with van der Waals surface area (Å²) in [6.45, 7) is 3.14. The van der Waals surface area contributed by atoms with E-state index < -0.39 is 0 Å². The molecule has 2 heterocycles. The van der Waals surface area contributed by atoms with Crippen LogP contribution < -0.4 is 10.2 Å². The van der Waals surface area contributed by atoms with Gasteiger partial charge >= 0.3 is 0 Å². The van der Waals surface area contributed by atoms with Crippen molar-refractivity contribution in [3.63, 3.8) is 0 Å². The number of Topliss-reactive ketones (excluding diaryl/α,β-unsaturated/α-hetero) is 1. The van der Waals surface area contributed by atoms with Crippen LogP contribution in [0.25, 0.3) is 10.2 Å². The number of rotatable bonds is 4. The Kier molecular flexibility index (Phi) is 4.90. The average Bonchev–Trinajstić information content (AvgIpc) is 3.13. The van der Waals surface area contributed by atoms with Crippen LogP contribution in [0.2, 0.25) is 0 Å². The summed E-state index contributed by atoms with van der Waals surface area (Å²) in [5.74, 6) is -0.0266. The van der Waals surface area contributed by atoms with E-state index in [-0.39, 0.29) is 17.6 Å². The average molecular weight is 379 g/mol. The normalized spacial score (nSPS) is 17.1. The lowest BCUT2D eigenvalue weighted by Gasteiger charge is -2.31. The Morgan fingerprint density at radius 1 is 1.15 bits per heavy atom. The number of hydrogen-bond donors (Lipinski definition) is 1. The molecular formula is C21H21N3O2S. The van der Waals surface area contributed by atoms with Gasteiger partial charge in [0.2, 0.25) is 5.91 Å². The number of fused-ring (bicyclic) bond motifs is 1. The van der Waals surface area contributed by atoms with Crippen LogP contribution in [0.15, 0.2) is 48.5 Å². The number of hydrogen-bond acceptors (Lipinski definition) is 5. The molecule has 1 aromatic heterocycles. The molecule has 1 N–H and O–H groups in total. The Hall–Kier alpha value is -2.73. The predicted octanol–water partition coefficient (Wildman–Crippen LogP) is 4.35. The van der Waals surface area contributed by atoms with E-state index in [9.17, 15) is 9.59 Å². The number of thiazole rings is 1. The second-order valence-electron chi connectivity index (χ2n) is 6.87. The van der Waals surface area contributed by atoms with Crippen LogP contribution in [-0.4, -0.2) is 29.8 Å². The fourth-order valence-corrected chi connectivity index (χ4v) is 4.39. The topological polar surface area (TPSA) is 62.3 Å². The van der Waals surface area contributed by atoms with Crippen LogP contribution in [0.1, 0.15) is 30.1 Å². The van der Waals surface area contributed by atoms with Crippen LogP contribution >= 0.6 is 11.3 Å². The van der Waals surface area contributed by atoms with Gasteiger partial charge in [-0.15, -0.1) is 0 Å². The van der Waals surface area contributed by atoms with Crippen LogP contribution in [0, 0.1) is 5.92 Å². The molecule has 1 fully saturated rings. The number of aromatic nitrogens is 1. The molecule has 27 heavy (non-hydrogen) atoms. The van der Waals surface area contributed by atoms with Crippen molar-refractivity contribution in [1.82, 2.24) is 4.98 Å². The van der Waals surface area contributed by atoms with Gasteiger partial charge in [0.15, 0.2) is 10.9 Å². The van der Waals surface area contributed by atoms with Crippen LogP contribution in [0.4, 0.5) is 10.8 Å². The number of anilines is 2.